The minimum atomic E-state index is -2.76. The van der Waals surface area contributed by atoms with E-state index in [4.69, 9.17) is 6.63 Å². The second-order valence-electron chi connectivity index (χ2n) is 0.275. The molecule has 0 saturated heterocycles. The van der Waals surface area contributed by atoms with E-state index in [1.807, 2.05) is 0 Å². The van der Waals surface area contributed by atoms with Gasteiger partial charge in [-0.1, -0.05) is 0 Å². The van der Waals surface area contributed by atoms with E-state index in [1.54, 1.807) is 0 Å². The molecule has 0 aliphatic carbocycles. The summed E-state index contributed by atoms with van der Waals surface area (Å²) in [6.07, 6.45) is 0. The van der Waals surface area contributed by atoms with Gasteiger partial charge in [0, 0.05) is 0 Å². The molecule has 0 bridgehead atoms. The van der Waals surface area contributed by atoms with Crippen molar-refractivity contribution in [2.75, 3.05) is 0 Å². The van der Waals surface area contributed by atoms with Crippen LogP contribution in [0.4, 0.5) is 0 Å². The van der Waals surface area contributed by atoms with Gasteiger partial charge >= 0.3 is 0 Å². The molecule has 0 aromatic rings. The van der Waals surface area contributed by atoms with Gasteiger partial charge in [-0.05, 0) is 0 Å². The van der Waals surface area contributed by atoms with Crippen molar-refractivity contribution in [2.45, 2.75) is 0 Å². The topological polar surface area (TPSA) is 66.9 Å². The molecule has 0 fully saturated rings. The number of nitrogens with one attached hydrogen (secondary N) is 1. The molecule has 0 spiro atoms. The minimum Gasteiger partial charge on any atom is -0.241 e. The van der Waals surface area contributed by atoms with Crippen LogP contribution in [0.15, 0.2) is 0 Å². The van der Waals surface area contributed by atoms with Crippen LogP contribution in [-0.4, -0.2) is 0 Å². The first kappa shape index (κ1) is 4.29. The molecule has 0 unspecified atom stereocenters. The van der Waals surface area contributed by atoms with Crippen molar-refractivity contribution in [2.24, 2.45) is 3.95 Å². The normalized spacial score (nSPS) is 8.50. The van der Waals surface area contributed by atoms with E-state index < -0.39 is 19.9 Å². The van der Waals surface area contributed by atoms with Gasteiger partial charge in [0.25, 0.3) is 19.9 Å². The van der Waals surface area contributed by atoms with Gasteiger partial charge in [-0.3, -0.25) is 0 Å². The van der Waals surface area contributed by atoms with Crippen molar-refractivity contribution in [3.63, 3.8) is 0 Å². The molecule has 3 nitrogen and oxygen atoms in total. The van der Waals surface area contributed by atoms with Crippen LogP contribution in [0.3, 0.4) is 0 Å². The lowest BCUT2D eigenvalue weighted by atomic mass is 14.0. The van der Waals surface area contributed by atoms with Crippen LogP contribution in [0, 0.1) is 3.56 Å². The zero-order valence-electron chi connectivity index (χ0n) is 1.86. The lowest BCUT2D eigenvalue weighted by Crippen LogP contribution is -1.57. The second kappa shape index (κ2) is 1.59. The Hall–Kier alpha value is 0.290. The first-order chi connectivity index (χ1) is 1.73. The molecule has 0 radical (unpaired) electrons. The van der Waals surface area contributed by atoms with Gasteiger partial charge < -0.3 is 0 Å². The monoisotopic (exact) mass is 174 g/mol. The maximum atomic E-state index is 9.13. The number of halogens is 1. The summed E-state index contributed by atoms with van der Waals surface area (Å²) in [6, 6.07) is 0. The van der Waals surface area contributed by atoms with Gasteiger partial charge in [-0.2, -0.15) is 0 Å². The SMILES string of the molecule is N=I(N)=O. The molecular weight excluding hydrogens is 171 g/mol. The molecule has 0 aromatic carbocycles. The van der Waals surface area contributed by atoms with Crippen LogP contribution in [0.2, 0.25) is 0 Å². The van der Waals surface area contributed by atoms with Crippen LogP contribution >= 0.6 is 19.9 Å². The van der Waals surface area contributed by atoms with Gasteiger partial charge in [0.15, 0.2) is 0 Å². The Morgan fingerprint density at radius 2 is 2.00 bits per heavy atom. The summed E-state index contributed by atoms with van der Waals surface area (Å²) in [7, 11) is 0. The van der Waals surface area contributed by atoms with E-state index in [9.17, 15) is 0 Å². The first-order valence-corrected chi connectivity index (χ1v) is 3.77. The Bertz CT molecular complexity index is 54.4. The van der Waals surface area contributed by atoms with Crippen molar-refractivity contribution < 1.29 is 3.07 Å². The van der Waals surface area contributed by atoms with Crippen LogP contribution in [-0.2, 0) is 3.07 Å². The second-order valence-corrected chi connectivity index (χ2v) is 1.85. The third-order valence-electron chi connectivity index (χ3n) is 0. The summed E-state index contributed by atoms with van der Waals surface area (Å²) in [4.78, 5) is 0. The highest BCUT2D eigenvalue weighted by Crippen LogP contribution is 1.80. The van der Waals surface area contributed by atoms with Crippen molar-refractivity contribution in [3.8, 4) is 0 Å². The number of rotatable bonds is 0. The Labute approximate surface area is 31.0 Å². The first-order valence-electron chi connectivity index (χ1n) is 0.562. The lowest BCUT2D eigenvalue weighted by molar-refractivity contribution is 0.646. The van der Waals surface area contributed by atoms with Gasteiger partial charge in [0.05, 0.1) is 0 Å². The summed E-state index contributed by atoms with van der Waals surface area (Å²) >= 11 is -2.76. The highest BCUT2D eigenvalue weighted by molar-refractivity contribution is 14.2. The maximum absolute atomic E-state index is 9.13. The fourth-order valence-corrected chi connectivity index (χ4v) is 0. The smallest absolute Gasteiger partial charge is 0.241 e. The fourth-order valence-electron chi connectivity index (χ4n) is 0. The quantitative estimate of drug-likeness (QED) is 0.414. The molecule has 3 N–H and O–H groups in total. The van der Waals surface area contributed by atoms with Gasteiger partial charge in [-0.15, -0.1) is 0 Å². The minimum absolute atomic E-state index is 2.76. The van der Waals surface area contributed by atoms with Crippen LogP contribution in [0.1, 0.15) is 0 Å². The third kappa shape index (κ3) is 45.3. The third-order valence-corrected chi connectivity index (χ3v) is 0. The van der Waals surface area contributed by atoms with Gasteiger partial charge in [-0.25, -0.2) is 10.6 Å². The Morgan fingerprint density at radius 1 is 2.00 bits per heavy atom. The molecule has 0 atom stereocenters. The lowest BCUT2D eigenvalue weighted by Gasteiger charge is -1.43. The van der Waals surface area contributed by atoms with Crippen LogP contribution in [0.25, 0.3) is 0 Å². The predicted octanol–water partition coefficient (Wildman–Crippen LogP) is 0.474. The molecule has 4 heavy (non-hydrogen) atoms. The summed E-state index contributed by atoms with van der Waals surface area (Å²) in [5.74, 6) is 0. The summed E-state index contributed by atoms with van der Waals surface area (Å²) < 4.78 is 19.5. The Kier molecular flexibility index (Phi) is 1.71. The average molecular weight is 174 g/mol. The molecule has 0 heterocycles. The van der Waals surface area contributed by atoms with E-state index >= 15 is 0 Å². The van der Waals surface area contributed by atoms with E-state index in [0.29, 0.717) is 0 Å². The van der Waals surface area contributed by atoms with E-state index in [2.05, 4.69) is 3.95 Å². The maximum Gasteiger partial charge on any atom is 0.253 e. The number of nitrogens with two attached hydrogens (primary N) is 1. The van der Waals surface area contributed by atoms with E-state index in [0.717, 1.165) is 0 Å². The Morgan fingerprint density at radius 3 is 2.00 bits per heavy atom. The van der Waals surface area contributed by atoms with Crippen molar-refractivity contribution >= 4 is 19.9 Å². The zero-order chi connectivity index (χ0) is 3.58. The molecule has 0 aliphatic rings. The summed E-state index contributed by atoms with van der Waals surface area (Å²) in [5, 5.41) is 0. The van der Waals surface area contributed by atoms with Crippen molar-refractivity contribution in [1.82, 2.24) is 0 Å². The van der Waals surface area contributed by atoms with Crippen LogP contribution in [0.5, 0.6) is 0 Å². The van der Waals surface area contributed by atoms with E-state index in [1.165, 1.54) is 0 Å². The average Bonchev–Trinajstić information content (AvgIpc) is 0.811. The molecule has 26 valence electrons. The molecule has 0 saturated carbocycles. The largest absolute Gasteiger partial charge is 0.253 e. The molecule has 0 amide bonds. The van der Waals surface area contributed by atoms with Crippen LogP contribution < -0.4 is 3.95 Å². The highest BCUT2D eigenvalue weighted by Gasteiger charge is 1.44. The molecule has 0 rings (SSSR count). The molecule has 0 aliphatic heterocycles. The predicted molar refractivity (Wildman–Crippen MR) is 21.6 cm³/mol. The Balaban J connectivity index is 3.51. The fraction of sp³-hybridized carbons (Fsp3) is 0. The van der Waals surface area contributed by atoms with Gasteiger partial charge in [0.2, 0.25) is 0 Å². The standard InChI is InChI=1S/H3IN2O/c2-1(3)4/h(H3,2,3,4). The van der Waals surface area contributed by atoms with Gasteiger partial charge in [0.1, 0.15) is 0 Å². The molecular formula is H3IN2O. The number of hydrogen-bond donors (Lipinski definition) is 2. The van der Waals surface area contributed by atoms with Crippen molar-refractivity contribution in [1.29, 1.82) is 3.56 Å². The van der Waals surface area contributed by atoms with E-state index in [-0.39, 0.29) is 0 Å². The van der Waals surface area contributed by atoms with Crippen molar-refractivity contribution in [3.05, 3.63) is 0 Å². The zero-order valence-corrected chi connectivity index (χ0v) is 4.02. The molecule has 4 heteroatoms. The highest BCUT2D eigenvalue weighted by atomic mass is 127. The summed E-state index contributed by atoms with van der Waals surface area (Å²) in [5.41, 5.74) is 0. The molecule has 0 aromatic heterocycles. The summed E-state index contributed by atoms with van der Waals surface area (Å²) in [6.45, 7) is 0. The number of hydrogen-bond acceptors (Lipinski definition) is 2.